The smallest absolute Gasteiger partial charge is 0.333 e. The summed E-state index contributed by atoms with van der Waals surface area (Å²) >= 11 is 0. The third-order valence-electron chi connectivity index (χ3n) is 6.54. The first-order valence-corrected chi connectivity index (χ1v) is 11.4. The van der Waals surface area contributed by atoms with Gasteiger partial charge < -0.3 is 15.0 Å². The average molecular weight is 436 g/mol. The Morgan fingerprint density at radius 2 is 1.87 bits per heavy atom. The van der Waals surface area contributed by atoms with Gasteiger partial charge in [0.1, 0.15) is 6.04 Å². The standard InChI is InChI=1S/C24H41N3O4/c1-10-31-23(30)15(4)11-18(14(2)3)27(9)22(29)20(24(5,6)7)25-21(28)19-17-12-16(17)13-26(19)8/h11,14,16-20H,10,12-13H2,1-9H3,(H,25,28)/t16-,17-,18-,19?,20-/m1/s1. The second-order valence-corrected chi connectivity index (χ2v) is 10.6. The fourth-order valence-corrected chi connectivity index (χ4v) is 4.62. The van der Waals surface area contributed by atoms with E-state index in [0.717, 1.165) is 13.0 Å². The first kappa shape index (κ1) is 25.4. The molecule has 31 heavy (non-hydrogen) atoms. The number of nitrogens with zero attached hydrogens (tertiary/aromatic N) is 2. The topological polar surface area (TPSA) is 79.0 Å². The van der Waals surface area contributed by atoms with Gasteiger partial charge in [-0.25, -0.2) is 4.79 Å². The summed E-state index contributed by atoms with van der Waals surface area (Å²) in [7, 11) is 3.72. The Morgan fingerprint density at radius 3 is 2.32 bits per heavy atom. The van der Waals surface area contributed by atoms with Crippen LogP contribution in [-0.2, 0) is 19.1 Å². The number of rotatable bonds is 8. The second kappa shape index (κ2) is 9.72. The molecule has 5 atom stereocenters. The highest BCUT2D eigenvalue weighted by atomic mass is 16.5. The summed E-state index contributed by atoms with van der Waals surface area (Å²) in [5.74, 6) is 0.528. The molecule has 1 heterocycles. The van der Waals surface area contributed by atoms with Gasteiger partial charge in [-0.05, 0) is 50.5 Å². The van der Waals surface area contributed by atoms with Crippen LogP contribution in [0, 0.1) is 23.2 Å². The van der Waals surface area contributed by atoms with Crippen LogP contribution in [0.15, 0.2) is 11.6 Å². The van der Waals surface area contributed by atoms with Crippen molar-refractivity contribution in [1.82, 2.24) is 15.1 Å². The fourth-order valence-electron chi connectivity index (χ4n) is 4.62. The highest BCUT2D eigenvalue weighted by molar-refractivity contribution is 5.91. The Labute approximate surface area is 187 Å². The summed E-state index contributed by atoms with van der Waals surface area (Å²) in [6, 6.07) is -1.10. The lowest BCUT2D eigenvalue weighted by molar-refractivity contribution is -0.141. The van der Waals surface area contributed by atoms with E-state index in [-0.39, 0.29) is 35.8 Å². The molecule has 0 bridgehead atoms. The number of likely N-dealkylation sites (tertiary alicyclic amines) is 1. The van der Waals surface area contributed by atoms with Gasteiger partial charge >= 0.3 is 5.97 Å². The molecule has 2 fully saturated rings. The number of esters is 1. The molecule has 0 aromatic rings. The van der Waals surface area contributed by atoms with Crippen molar-refractivity contribution < 1.29 is 19.1 Å². The van der Waals surface area contributed by atoms with Gasteiger partial charge in [-0.1, -0.05) is 40.7 Å². The minimum absolute atomic E-state index is 0.0616. The predicted molar refractivity (Wildman–Crippen MR) is 121 cm³/mol. The van der Waals surface area contributed by atoms with Crippen molar-refractivity contribution in [3.63, 3.8) is 0 Å². The number of carbonyl (C=O) groups is 3. The Morgan fingerprint density at radius 1 is 1.26 bits per heavy atom. The minimum atomic E-state index is -0.659. The van der Waals surface area contributed by atoms with Crippen LogP contribution in [0.5, 0.6) is 0 Å². The van der Waals surface area contributed by atoms with Crippen LogP contribution in [0.3, 0.4) is 0 Å². The van der Waals surface area contributed by atoms with Crippen LogP contribution in [0.1, 0.15) is 54.9 Å². The van der Waals surface area contributed by atoms with Crippen molar-refractivity contribution in [3.05, 3.63) is 11.6 Å². The normalized spacial score (nSPS) is 25.6. The second-order valence-electron chi connectivity index (χ2n) is 10.6. The van der Waals surface area contributed by atoms with Gasteiger partial charge in [-0.3, -0.25) is 14.5 Å². The Bertz CT molecular complexity index is 723. The summed E-state index contributed by atoms with van der Waals surface area (Å²) in [6.45, 7) is 14.6. The third kappa shape index (κ3) is 5.88. The molecule has 2 rings (SSSR count). The summed E-state index contributed by atoms with van der Waals surface area (Å²) in [6.07, 6.45) is 2.89. The molecule has 0 radical (unpaired) electrons. The lowest BCUT2D eigenvalue weighted by Gasteiger charge is -2.38. The molecule has 7 heteroatoms. The maximum absolute atomic E-state index is 13.6. The van der Waals surface area contributed by atoms with Gasteiger partial charge in [0.2, 0.25) is 11.8 Å². The van der Waals surface area contributed by atoms with Gasteiger partial charge in [0.15, 0.2) is 0 Å². The van der Waals surface area contributed by atoms with E-state index >= 15 is 0 Å². The molecule has 0 spiro atoms. The van der Waals surface area contributed by atoms with Gasteiger partial charge in [0.25, 0.3) is 0 Å². The number of carbonyl (C=O) groups excluding carboxylic acids is 3. The predicted octanol–water partition coefficient (Wildman–Crippen LogP) is 2.46. The molecule has 1 N–H and O–H groups in total. The van der Waals surface area contributed by atoms with E-state index in [4.69, 9.17) is 4.74 Å². The van der Waals surface area contributed by atoms with Gasteiger partial charge in [-0.15, -0.1) is 0 Å². The number of hydrogen-bond donors (Lipinski definition) is 1. The van der Waals surface area contributed by atoms with E-state index in [0.29, 0.717) is 24.0 Å². The molecule has 2 aliphatic rings. The van der Waals surface area contributed by atoms with Gasteiger partial charge in [0.05, 0.1) is 18.7 Å². The minimum Gasteiger partial charge on any atom is -0.463 e. The molecule has 7 nitrogen and oxygen atoms in total. The van der Waals surface area contributed by atoms with E-state index in [1.807, 2.05) is 41.7 Å². The van der Waals surface area contributed by atoms with Crippen LogP contribution < -0.4 is 5.32 Å². The molecule has 1 unspecified atom stereocenters. The molecule has 0 aromatic carbocycles. The van der Waals surface area contributed by atoms with Crippen LogP contribution in [0.25, 0.3) is 0 Å². The lowest BCUT2D eigenvalue weighted by atomic mass is 9.84. The summed E-state index contributed by atoms with van der Waals surface area (Å²) in [5, 5.41) is 3.07. The molecule has 0 aromatic heterocycles. The lowest BCUT2D eigenvalue weighted by Crippen LogP contribution is -2.59. The van der Waals surface area contributed by atoms with Crippen LogP contribution in [0.2, 0.25) is 0 Å². The van der Waals surface area contributed by atoms with Crippen molar-refractivity contribution >= 4 is 17.8 Å². The third-order valence-corrected chi connectivity index (χ3v) is 6.54. The molecule has 2 amide bonds. The van der Waals surface area contributed by atoms with E-state index in [1.54, 1.807) is 31.9 Å². The average Bonchev–Trinajstić information content (AvgIpc) is 3.32. The molecular formula is C24H41N3O4. The zero-order valence-electron chi connectivity index (χ0n) is 20.7. The number of fused-ring (bicyclic) bond motifs is 1. The van der Waals surface area contributed by atoms with E-state index < -0.39 is 11.5 Å². The first-order valence-electron chi connectivity index (χ1n) is 11.4. The van der Waals surface area contributed by atoms with Crippen molar-refractivity contribution in [2.75, 3.05) is 27.2 Å². The van der Waals surface area contributed by atoms with Crippen LogP contribution in [-0.4, -0.2) is 73.0 Å². The van der Waals surface area contributed by atoms with E-state index in [2.05, 4.69) is 10.2 Å². The fraction of sp³-hybridized carbons (Fsp3) is 0.792. The molecule has 1 saturated heterocycles. The monoisotopic (exact) mass is 435 g/mol. The zero-order valence-corrected chi connectivity index (χ0v) is 20.7. The van der Waals surface area contributed by atoms with Crippen molar-refractivity contribution in [2.24, 2.45) is 23.2 Å². The quantitative estimate of drug-likeness (QED) is 0.468. The first-order chi connectivity index (χ1) is 14.3. The maximum Gasteiger partial charge on any atom is 0.333 e. The molecule has 1 aliphatic carbocycles. The Hall–Kier alpha value is -1.89. The van der Waals surface area contributed by atoms with Crippen molar-refractivity contribution in [2.45, 2.75) is 73.0 Å². The number of ether oxygens (including phenoxy) is 1. The highest BCUT2D eigenvalue weighted by Gasteiger charge is 2.54. The number of likely N-dealkylation sites (N-methyl/N-ethyl adjacent to an activating group) is 2. The Kier molecular flexibility index (Phi) is 7.95. The number of piperidine rings is 1. The maximum atomic E-state index is 13.6. The largest absolute Gasteiger partial charge is 0.463 e. The van der Waals surface area contributed by atoms with E-state index in [1.165, 1.54) is 0 Å². The molecular weight excluding hydrogens is 394 g/mol. The Balaban J connectivity index is 2.21. The van der Waals surface area contributed by atoms with E-state index in [9.17, 15) is 14.4 Å². The van der Waals surface area contributed by atoms with Crippen molar-refractivity contribution in [3.8, 4) is 0 Å². The number of hydrogen-bond acceptors (Lipinski definition) is 5. The summed E-state index contributed by atoms with van der Waals surface area (Å²) in [5.41, 5.74) is 0.0200. The summed E-state index contributed by atoms with van der Waals surface area (Å²) < 4.78 is 5.09. The SMILES string of the molecule is CCOC(=O)C(C)=C[C@H](C(C)C)N(C)C(=O)[C@@H](NC(=O)C1[C@@H]2C[C@@H]2CN1C)C(C)(C)C. The molecule has 176 valence electrons. The van der Waals surface area contributed by atoms with Crippen LogP contribution in [0.4, 0.5) is 0 Å². The molecule has 1 aliphatic heterocycles. The highest BCUT2D eigenvalue weighted by Crippen LogP contribution is 2.49. The molecule has 1 saturated carbocycles. The number of amides is 2. The van der Waals surface area contributed by atoms with Crippen LogP contribution >= 0.6 is 0 Å². The zero-order chi connectivity index (χ0) is 23.7. The number of nitrogens with one attached hydrogen (secondary N) is 1. The van der Waals surface area contributed by atoms with Crippen molar-refractivity contribution in [1.29, 1.82) is 0 Å². The summed E-state index contributed by atoms with van der Waals surface area (Å²) in [4.78, 5) is 42.6. The van der Waals surface area contributed by atoms with Gasteiger partial charge in [-0.2, -0.15) is 0 Å². The van der Waals surface area contributed by atoms with Gasteiger partial charge in [0, 0.05) is 19.2 Å².